The summed E-state index contributed by atoms with van der Waals surface area (Å²) >= 11 is 0. The van der Waals surface area contributed by atoms with Gasteiger partial charge >= 0.3 is 31.4 Å². The summed E-state index contributed by atoms with van der Waals surface area (Å²) < 4.78 is 118. The molecule has 0 radical (unpaired) electrons. The maximum absolute atomic E-state index is 10.7. The second-order valence-corrected chi connectivity index (χ2v) is 23.9. The quantitative estimate of drug-likeness (QED) is 0.0989. The fraction of sp³-hybridized carbons (Fsp3) is 0.769. The molecule has 0 saturated heterocycles. The van der Waals surface area contributed by atoms with E-state index < -0.39 is 31.3 Å². The summed E-state index contributed by atoms with van der Waals surface area (Å²) in [4.78, 5) is 0. The van der Waals surface area contributed by atoms with Gasteiger partial charge in [0, 0.05) is 0 Å². The Balaban J connectivity index is -0.000000772. The van der Waals surface area contributed by atoms with Crippen LogP contribution in [0.5, 0.6) is 0 Å². The summed E-state index contributed by atoms with van der Waals surface area (Å²) in [6.07, 6.45) is 2.49. The van der Waals surface area contributed by atoms with E-state index in [9.17, 15) is 26.3 Å². The van der Waals surface area contributed by atoms with Gasteiger partial charge in [-0.25, -0.2) is 16.8 Å². The molecule has 0 aromatic heterocycles. The summed E-state index contributed by atoms with van der Waals surface area (Å²) in [5, 5.41) is 1.50. The molecule has 1 aromatic carbocycles. The molecular weight excluding hydrogens is 755 g/mol. The molecule has 0 spiro atoms. The molecule has 0 heterocycles. The summed E-state index contributed by atoms with van der Waals surface area (Å²) in [6, 6.07) is 9.30. The Hall–Kier alpha value is 0.142. The first-order valence-electron chi connectivity index (χ1n) is 12.6. The van der Waals surface area contributed by atoms with E-state index in [0.29, 0.717) is 20.6 Å². The van der Waals surface area contributed by atoms with E-state index in [4.69, 9.17) is 25.9 Å². The van der Waals surface area contributed by atoms with Gasteiger partial charge in [-0.1, -0.05) is 123 Å². The Morgan fingerprint density at radius 1 is 0.535 bits per heavy atom. The van der Waals surface area contributed by atoms with Gasteiger partial charge in [0.25, 0.3) is 0 Å². The molecule has 1 rings (SSSR count). The van der Waals surface area contributed by atoms with Crippen LogP contribution in [0.4, 0.5) is 26.3 Å². The zero-order valence-electron chi connectivity index (χ0n) is 26.5. The molecule has 0 aliphatic rings. The Labute approximate surface area is 270 Å². The Morgan fingerprint density at radius 2 is 0.698 bits per heavy atom. The molecule has 0 bridgehead atoms. The van der Waals surface area contributed by atoms with Crippen LogP contribution in [0.1, 0.15) is 94.2 Å². The number of rotatable bonds is 4. The average Bonchev–Trinajstić information content (AvgIpc) is 2.65. The van der Waals surface area contributed by atoms with Crippen molar-refractivity contribution >= 4 is 36.1 Å². The van der Waals surface area contributed by atoms with Crippen LogP contribution in [0.15, 0.2) is 24.3 Å². The van der Waals surface area contributed by atoms with Gasteiger partial charge in [-0.2, -0.15) is 26.3 Å². The van der Waals surface area contributed by atoms with Crippen molar-refractivity contribution in [1.82, 2.24) is 0 Å². The van der Waals surface area contributed by atoms with Crippen LogP contribution in [-0.2, 0) is 53.0 Å². The second-order valence-electron chi connectivity index (χ2n) is 13.4. The minimum atomic E-state index is -6.09. The summed E-state index contributed by atoms with van der Waals surface area (Å²) in [5.41, 5.74) is -8.09. The van der Waals surface area contributed by atoms with E-state index >= 15 is 0 Å². The van der Waals surface area contributed by atoms with Gasteiger partial charge in [-0.05, 0) is 44.1 Å². The average molecular weight is 799 g/mol. The maximum Gasteiger partial charge on any atom is 2.00 e. The zero-order chi connectivity index (χ0) is 34.6. The first-order valence-corrected chi connectivity index (χ1v) is 18.5. The van der Waals surface area contributed by atoms with Crippen molar-refractivity contribution in [2.45, 2.75) is 127 Å². The van der Waals surface area contributed by atoms with Crippen molar-refractivity contribution in [3.8, 4) is 0 Å². The Bertz CT molecular complexity index is 1090. The van der Waals surface area contributed by atoms with Gasteiger partial charge in [0.05, 0.1) is 0 Å². The molecular formula is C26H44F6O6P2PdS2. The van der Waals surface area contributed by atoms with Crippen LogP contribution >= 0.6 is 15.8 Å². The second kappa shape index (κ2) is 16.3. The van der Waals surface area contributed by atoms with Crippen molar-refractivity contribution in [3.05, 3.63) is 35.4 Å². The molecule has 43 heavy (non-hydrogen) atoms. The third-order valence-electron chi connectivity index (χ3n) is 5.58. The molecule has 0 aliphatic carbocycles. The number of halogens is 6. The molecule has 0 amide bonds. The van der Waals surface area contributed by atoms with Crippen molar-refractivity contribution < 1.29 is 72.7 Å². The van der Waals surface area contributed by atoms with Gasteiger partial charge in [0.1, 0.15) is 0 Å². The molecule has 1 aromatic rings. The zero-order valence-corrected chi connectivity index (χ0v) is 31.4. The van der Waals surface area contributed by atoms with Gasteiger partial charge < -0.3 is 9.11 Å². The molecule has 0 aliphatic heterocycles. The van der Waals surface area contributed by atoms with Crippen molar-refractivity contribution in [1.29, 1.82) is 0 Å². The van der Waals surface area contributed by atoms with Crippen molar-refractivity contribution in [2.75, 3.05) is 0 Å². The molecule has 0 saturated carbocycles. The van der Waals surface area contributed by atoms with E-state index in [0.717, 1.165) is 0 Å². The topological polar surface area (TPSA) is 114 Å². The Morgan fingerprint density at radius 3 is 0.814 bits per heavy atom. The van der Waals surface area contributed by atoms with E-state index in [1.165, 1.54) is 12.3 Å². The predicted octanol–water partition coefficient (Wildman–Crippen LogP) is 8.94. The predicted molar refractivity (Wildman–Crippen MR) is 158 cm³/mol. The normalized spacial score (nSPS) is 13.9. The minimum absolute atomic E-state index is 0. The summed E-state index contributed by atoms with van der Waals surface area (Å²) in [7, 11) is -12.4. The standard InChI is InChI=1S/C24H44P2.2CHF3O3S.Pd/c1-21(2,3)25(22(4,5)6)17-19-15-13-14-16-20(19)18-26(23(7,8)9)24(10,11)12;2*2-1(3,4)8(5,6)7;/h13-16H,17-18H2,1-12H3;2*(H,5,6,7);/q;;;+2/p-2. The molecule has 17 heteroatoms. The largest absolute Gasteiger partial charge is 2.00 e. The molecule has 0 unspecified atom stereocenters. The molecule has 0 N–H and O–H groups in total. The van der Waals surface area contributed by atoms with Gasteiger partial charge in [0.2, 0.25) is 0 Å². The summed E-state index contributed by atoms with van der Waals surface area (Å²) in [5.74, 6) is 0. The smallest absolute Gasteiger partial charge is 0.741 e. The van der Waals surface area contributed by atoms with Crippen LogP contribution in [-0.4, -0.2) is 57.6 Å². The van der Waals surface area contributed by atoms with E-state index in [1.54, 1.807) is 11.1 Å². The minimum Gasteiger partial charge on any atom is -0.741 e. The van der Waals surface area contributed by atoms with E-state index in [1.807, 2.05) is 0 Å². The fourth-order valence-corrected chi connectivity index (χ4v) is 11.4. The van der Waals surface area contributed by atoms with E-state index in [-0.39, 0.29) is 36.3 Å². The molecule has 0 atom stereocenters. The van der Waals surface area contributed by atoms with Crippen molar-refractivity contribution in [2.24, 2.45) is 0 Å². The number of hydrogen-bond donors (Lipinski definition) is 0. The molecule has 258 valence electrons. The Kier molecular flexibility index (Phi) is 18.0. The first kappa shape index (κ1) is 47.5. The third-order valence-corrected chi connectivity index (χ3v) is 14.5. The third kappa shape index (κ3) is 18.2. The number of hydrogen-bond acceptors (Lipinski definition) is 6. The van der Waals surface area contributed by atoms with Gasteiger partial charge in [0.15, 0.2) is 20.2 Å². The summed E-state index contributed by atoms with van der Waals surface area (Å²) in [6.45, 7) is 29.2. The molecule has 6 nitrogen and oxygen atoms in total. The van der Waals surface area contributed by atoms with Gasteiger partial charge in [-0.15, -0.1) is 0 Å². The number of alkyl halides is 6. The van der Waals surface area contributed by atoms with Crippen LogP contribution in [0, 0.1) is 0 Å². The number of benzene rings is 1. The monoisotopic (exact) mass is 798 g/mol. The van der Waals surface area contributed by atoms with Crippen LogP contribution in [0.3, 0.4) is 0 Å². The van der Waals surface area contributed by atoms with Crippen LogP contribution in [0.2, 0.25) is 0 Å². The fourth-order valence-electron chi connectivity index (χ4n) is 4.17. The van der Waals surface area contributed by atoms with Crippen LogP contribution in [0.25, 0.3) is 0 Å². The van der Waals surface area contributed by atoms with E-state index in [2.05, 4.69) is 107 Å². The van der Waals surface area contributed by atoms with Crippen LogP contribution < -0.4 is 0 Å². The SMILES string of the molecule is CC(C)(C)P(Cc1ccccc1CP(C(C)(C)C)C(C)(C)C)C(C)(C)C.O=S(=O)([O-])C(F)(F)F.O=S(=O)([O-])C(F)(F)F.[Pd+2]. The van der Waals surface area contributed by atoms with Gasteiger partial charge in [-0.3, -0.25) is 0 Å². The first-order chi connectivity index (χ1) is 17.9. The maximum atomic E-state index is 10.7. The molecule has 0 fully saturated rings. The van der Waals surface area contributed by atoms with Crippen molar-refractivity contribution in [3.63, 3.8) is 0 Å².